The van der Waals surface area contributed by atoms with E-state index in [1.165, 1.54) is 49.1 Å². The normalized spacial score (nSPS) is 11.2. The van der Waals surface area contributed by atoms with Crippen LogP contribution in [0.2, 0.25) is 0 Å². The Morgan fingerprint density at radius 2 is 0.908 bits per heavy atom. The summed E-state index contributed by atoms with van der Waals surface area (Å²) in [4.78, 5) is 41.3. The number of aliphatic hydroxyl groups is 2. The molecule has 0 aliphatic heterocycles. The van der Waals surface area contributed by atoms with E-state index >= 15 is 0 Å². The van der Waals surface area contributed by atoms with Gasteiger partial charge in [-0.3, -0.25) is 9.59 Å². The molecule has 0 saturated carbocycles. The summed E-state index contributed by atoms with van der Waals surface area (Å²) >= 11 is 0. The summed E-state index contributed by atoms with van der Waals surface area (Å²) in [5.41, 5.74) is -0.176. The van der Waals surface area contributed by atoms with Gasteiger partial charge in [0.25, 0.3) is 11.8 Å². The fourth-order valence-electron chi connectivity index (χ4n) is 6.27. The number of ether oxygens (including phenoxy) is 2. The van der Waals surface area contributed by atoms with Crippen LogP contribution < -0.4 is 20.1 Å². The van der Waals surface area contributed by atoms with E-state index in [2.05, 4.69) is 30.6 Å². The number of benzene rings is 6. The maximum absolute atomic E-state index is 12.9. The second-order valence-corrected chi connectivity index (χ2v) is 13.7. The van der Waals surface area contributed by atoms with Crippen LogP contribution in [0.15, 0.2) is 146 Å². The van der Waals surface area contributed by atoms with E-state index in [4.69, 9.17) is 9.47 Å². The van der Waals surface area contributed by atoms with Crippen LogP contribution in [0.1, 0.15) is 43.2 Å². The van der Waals surface area contributed by atoms with Gasteiger partial charge in [0, 0.05) is 34.6 Å². The monoisotopic (exact) mass is 896 g/mol. The van der Waals surface area contributed by atoms with E-state index in [0.29, 0.717) is 55.6 Å². The van der Waals surface area contributed by atoms with E-state index in [1.807, 2.05) is 0 Å². The molecule has 0 unspecified atom stereocenters. The Labute approximate surface area is 364 Å². The predicted molar refractivity (Wildman–Crippen MR) is 226 cm³/mol. The first-order chi connectivity index (χ1) is 30.7. The van der Waals surface area contributed by atoms with E-state index in [1.54, 1.807) is 72.8 Å². The maximum Gasteiger partial charge on any atom is 0.416 e. The van der Waals surface area contributed by atoms with Crippen LogP contribution >= 0.6 is 0 Å². The highest BCUT2D eigenvalue weighted by molar-refractivity contribution is 6.14. The number of halogens is 6. The lowest BCUT2D eigenvalue weighted by Crippen LogP contribution is -2.13. The zero-order valence-corrected chi connectivity index (χ0v) is 33.4. The Morgan fingerprint density at radius 1 is 0.508 bits per heavy atom. The van der Waals surface area contributed by atoms with Gasteiger partial charge >= 0.3 is 12.4 Å². The van der Waals surface area contributed by atoms with Gasteiger partial charge < -0.3 is 35.8 Å². The van der Waals surface area contributed by atoms with Crippen molar-refractivity contribution < 1.29 is 61.1 Å². The summed E-state index contributed by atoms with van der Waals surface area (Å²) in [5.74, 6) is 0.341. The van der Waals surface area contributed by atoms with Crippen molar-refractivity contribution in [3.63, 3.8) is 0 Å². The number of anilines is 2. The number of carbonyl (C=O) groups excluding carboxylic acids is 2. The molecule has 6 N–H and O–H groups in total. The van der Waals surface area contributed by atoms with Crippen LogP contribution in [0.3, 0.4) is 0 Å². The molecule has 8 aromatic rings. The Bertz CT molecular complexity index is 2790. The summed E-state index contributed by atoms with van der Waals surface area (Å²) in [6, 6.07) is 32.1. The average Bonchev–Trinajstić information content (AvgIpc) is 3.28. The predicted octanol–water partition coefficient (Wildman–Crippen LogP) is 9.55. The molecule has 0 saturated heterocycles. The number of nitrogens with zero attached hydrogens (tertiary/aromatic N) is 4. The van der Waals surface area contributed by atoms with Gasteiger partial charge in [0.15, 0.2) is 0 Å². The Kier molecular flexibility index (Phi) is 14.3. The lowest BCUT2D eigenvalue weighted by atomic mass is 10.0. The molecule has 0 aliphatic rings. The molecular weight excluding hydrogens is 863 g/mol. The fraction of sp³-hybridized carbons (Fsp3) is 0.0870. The van der Waals surface area contributed by atoms with Crippen molar-refractivity contribution in [2.24, 2.45) is 0 Å². The summed E-state index contributed by atoms with van der Waals surface area (Å²) in [6.07, 6.45) is -6.45. The molecular formula is C46H34F6N6O7. The van der Waals surface area contributed by atoms with Crippen LogP contribution in [0.5, 0.6) is 23.3 Å². The molecule has 8 rings (SSSR count). The van der Waals surface area contributed by atoms with Gasteiger partial charge in [0.1, 0.15) is 24.2 Å². The number of rotatable bonds is 10. The van der Waals surface area contributed by atoms with Crippen LogP contribution in [0.25, 0.3) is 21.5 Å². The molecule has 0 atom stereocenters. The number of aromatic nitrogens is 4. The Hall–Kier alpha value is -8.00. The highest BCUT2D eigenvalue weighted by atomic mass is 19.4. The maximum atomic E-state index is 12.9. The first kappa shape index (κ1) is 46.5. The summed E-state index contributed by atoms with van der Waals surface area (Å²) in [7, 11) is 0. The number of aliphatic hydroxyl groups excluding tert-OH is 2. The second kappa shape index (κ2) is 20.0. The minimum atomic E-state index is -4.50. The molecule has 0 bridgehead atoms. The standard InChI is InChI=1S/2C23H16F3N3O3.H2O/c2*24-23(25,26)15-4-2-5-16(10-15)29-22(31)20-6-1-3-14-9-18(7-8-19(14)20)32-21-11-17(12-30)27-13-28-21;/h2*1-11,13,30H,12H2,(H,29,31);1H2. The molecule has 2 aromatic heterocycles. The van der Waals surface area contributed by atoms with E-state index in [9.17, 15) is 46.1 Å². The first-order valence-corrected chi connectivity index (χ1v) is 18.9. The molecule has 19 heteroatoms. The van der Waals surface area contributed by atoms with Crippen LogP contribution in [-0.2, 0) is 25.6 Å². The molecule has 2 amide bonds. The van der Waals surface area contributed by atoms with Crippen molar-refractivity contribution in [3.8, 4) is 23.3 Å². The molecule has 0 fully saturated rings. The van der Waals surface area contributed by atoms with Crippen molar-refractivity contribution in [1.82, 2.24) is 19.9 Å². The summed E-state index contributed by atoms with van der Waals surface area (Å²) in [6.45, 7) is -0.498. The fourth-order valence-corrected chi connectivity index (χ4v) is 6.27. The lowest BCUT2D eigenvalue weighted by Gasteiger charge is -2.12. The summed E-state index contributed by atoms with van der Waals surface area (Å²) < 4.78 is 89.0. The van der Waals surface area contributed by atoms with Crippen molar-refractivity contribution in [3.05, 3.63) is 180 Å². The van der Waals surface area contributed by atoms with E-state index < -0.39 is 35.3 Å². The van der Waals surface area contributed by atoms with Crippen LogP contribution in [0.4, 0.5) is 37.7 Å². The third kappa shape index (κ3) is 11.7. The first-order valence-electron chi connectivity index (χ1n) is 18.9. The molecule has 65 heavy (non-hydrogen) atoms. The number of carbonyl (C=O) groups is 2. The third-order valence-corrected chi connectivity index (χ3v) is 9.25. The smallest absolute Gasteiger partial charge is 0.416 e. The van der Waals surface area contributed by atoms with Crippen molar-refractivity contribution >= 4 is 44.7 Å². The van der Waals surface area contributed by atoms with Crippen LogP contribution in [0, 0.1) is 0 Å². The zero-order valence-electron chi connectivity index (χ0n) is 33.4. The number of hydrogen-bond donors (Lipinski definition) is 4. The van der Waals surface area contributed by atoms with E-state index in [-0.39, 0.29) is 41.8 Å². The molecule has 13 nitrogen and oxygen atoms in total. The van der Waals surface area contributed by atoms with Gasteiger partial charge in [-0.05, 0) is 106 Å². The second-order valence-electron chi connectivity index (χ2n) is 13.7. The SMILES string of the molecule is O.O=C(Nc1cccc(C(F)(F)F)c1)c1cccc2cc(Oc3cc(CO)ncn3)ccc12.O=C(Nc1cccc(C(F)(F)F)c1)c1cccc2cc(Oc3cc(CO)ncn3)ccc12. The third-order valence-electron chi connectivity index (χ3n) is 9.25. The molecule has 0 spiro atoms. The minimum Gasteiger partial charge on any atom is -0.439 e. The number of nitrogens with one attached hydrogen (secondary N) is 2. The Balaban J connectivity index is 0.000000212. The summed E-state index contributed by atoms with van der Waals surface area (Å²) in [5, 5.41) is 26.0. The van der Waals surface area contributed by atoms with Crippen LogP contribution in [-0.4, -0.2) is 47.4 Å². The molecule has 0 aliphatic carbocycles. The van der Waals surface area contributed by atoms with Gasteiger partial charge in [0.2, 0.25) is 11.8 Å². The van der Waals surface area contributed by atoms with Gasteiger partial charge in [-0.1, -0.05) is 36.4 Å². The molecule has 6 aromatic carbocycles. The number of hydrogen-bond acceptors (Lipinski definition) is 10. The largest absolute Gasteiger partial charge is 0.439 e. The topological polar surface area (TPSA) is 200 Å². The average molecular weight is 897 g/mol. The number of amides is 2. The zero-order chi connectivity index (χ0) is 45.4. The molecule has 332 valence electrons. The lowest BCUT2D eigenvalue weighted by molar-refractivity contribution is -0.138. The van der Waals surface area contributed by atoms with Gasteiger partial charge in [-0.2, -0.15) is 26.3 Å². The van der Waals surface area contributed by atoms with Crippen molar-refractivity contribution in [2.45, 2.75) is 25.6 Å². The van der Waals surface area contributed by atoms with Gasteiger partial charge in [0.05, 0.1) is 35.7 Å². The minimum absolute atomic E-state index is 0. The number of fused-ring (bicyclic) bond motifs is 2. The Morgan fingerprint density at radius 3 is 1.29 bits per heavy atom. The molecule has 2 heterocycles. The van der Waals surface area contributed by atoms with Crippen molar-refractivity contribution in [2.75, 3.05) is 10.6 Å². The van der Waals surface area contributed by atoms with Gasteiger partial charge in [-0.15, -0.1) is 0 Å². The van der Waals surface area contributed by atoms with Crippen molar-refractivity contribution in [1.29, 1.82) is 0 Å². The number of alkyl halides is 6. The quantitative estimate of drug-likeness (QED) is 0.0959. The molecule has 0 radical (unpaired) electrons. The highest BCUT2D eigenvalue weighted by Crippen LogP contribution is 2.33. The van der Waals surface area contributed by atoms with Gasteiger partial charge in [-0.25, -0.2) is 19.9 Å². The van der Waals surface area contributed by atoms with E-state index in [0.717, 1.165) is 24.3 Å². The highest BCUT2D eigenvalue weighted by Gasteiger charge is 2.31.